The molecule has 2 nitrogen and oxygen atoms in total. The average Bonchev–Trinajstić information content (AvgIpc) is 2.86. The van der Waals surface area contributed by atoms with Crippen molar-refractivity contribution in [3.63, 3.8) is 0 Å². The Morgan fingerprint density at radius 1 is 1.16 bits per heavy atom. The van der Waals surface area contributed by atoms with Gasteiger partial charge in [0.25, 0.3) is 0 Å². The first kappa shape index (κ1) is 14.5. The van der Waals surface area contributed by atoms with Crippen molar-refractivity contribution in [2.75, 3.05) is 6.54 Å². The third-order valence-electron chi connectivity index (χ3n) is 4.30. The molecule has 1 aliphatic heterocycles. The monoisotopic (exact) mass is 261 g/mol. The van der Waals surface area contributed by atoms with Crippen LogP contribution in [0.25, 0.3) is 0 Å². The van der Waals surface area contributed by atoms with E-state index in [1.165, 1.54) is 23.1 Å². The number of benzene rings is 1. The summed E-state index contributed by atoms with van der Waals surface area (Å²) in [5.74, 6) is 1.31. The van der Waals surface area contributed by atoms with Gasteiger partial charge in [0, 0.05) is 6.04 Å². The number of ether oxygens (including phenoxy) is 1. The van der Waals surface area contributed by atoms with Gasteiger partial charge in [-0.05, 0) is 41.5 Å². The molecule has 2 heteroatoms. The molecule has 2 atom stereocenters. The van der Waals surface area contributed by atoms with Crippen LogP contribution in [0.5, 0.6) is 0 Å². The van der Waals surface area contributed by atoms with E-state index >= 15 is 0 Å². The predicted octanol–water partition coefficient (Wildman–Crippen LogP) is 4.05. The summed E-state index contributed by atoms with van der Waals surface area (Å²) < 4.78 is 5.52. The van der Waals surface area contributed by atoms with Crippen LogP contribution < -0.4 is 5.32 Å². The number of hydrogen-bond acceptors (Lipinski definition) is 2. The van der Waals surface area contributed by atoms with Crippen LogP contribution in [0.3, 0.4) is 0 Å². The lowest BCUT2D eigenvalue weighted by Gasteiger charge is -2.29. The Balaban J connectivity index is 2.21. The van der Waals surface area contributed by atoms with Gasteiger partial charge in [0.2, 0.25) is 0 Å². The van der Waals surface area contributed by atoms with Crippen molar-refractivity contribution in [1.82, 2.24) is 5.32 Å². The molecular weight excluding hydrogens is 234 g/mol. The van der Waals surface area contributed by atoms with Crippen LogP contribution in [0.2, 0.25) is 0 Å². The molecule has 0 spiro atoms. The van der Waals surface area contributed by atoms with Gasteiger partial charge in [-0.1, -0.05) is 45.9 Å². The fourth-order valence-electron chi connectivity index (χ4n) is 2.68. The van der Waals surface area contributed by atoms with Crippen molar-refractivity contribution in [2.45, 2.75) is 53.4 Å². The number of rotatable bonds is 6. The molecule has 2 rings (SSSR count). The van der Waals surface area contributed by atoms with Gasteiger partial charge in [-0.2, -0.15) is 0 Å². The van der Waals surface area contributed by atoms with Gasteiger partial charge in [0.1, 0.15) is 0 Å². The number of fused-ring (bicyclic) bond motifs is 1. The Bertz CT molecular complexity index is 414. The lowest BCUT2D eigenvalue weighted by Crippen LogP contribution is -2.30. The molecule has 1 aromatic carbocycles. The fraction of sp³-hybridized carbons (Fsp3) is 0.647. The van der Waals surface area contributed by atoms with Crippen molar-refractivity contribution in [3.05, 3.63) is 34.9 Å². The van der Waals surface area contributed by atoms with Gasteiger partial charge in [0.05, 0.1) is 13.2 Å². The van der Waals surface area contributed by atoms with E-state index in [4.69, 9.17) is 4.74 Å². The van der Waals surface area contributed by atoms with Gasteiger partial charge >= 0.3 is 0 Å². The normalized spacial score (nSPS) is 17.5. The fourth-order valence-corrected chi connectivity index (χ4v) is 2.68. The van der Waals surface area contributed by atoms with Gasteiger partial charge < -0.3 is 10.1 Å². The molecule has 0 saturated heterocycles. The van der Waals surface area contributed by atoms with E-state index < -0.39 is 0 Å². The van der Waals surface area contributed by atoms with E-state index in [9.17, 15) is 0 Å². The molecule has 0 aromatic heterocycles. The summed E-state index contributed by atoms with van der Waals surface area (Å²) >= 11 is 0. The zero-order valence-electron chi connectivity index (χ0n) is 12.7. The van der Waals surface area contributed by atoms with E-state index in [1.807, 2.05) is 0 Å². The molecule has 0 fully saturated rings. The van der Waals surface area contributed by atoms with E-state index in [0.717, 1.165) is 19.8 Å². The molecular formula is C17H27NO. The Labute approximate surface area is 117 Å². The summed E-state index contributed by atoms with van der Waals surface area (Å²) in [6, 6.07) is 7.31. The summed E-state index contributed by atoms with van der Waals surface area (Å²) in [4.78, 5) is 0. The highest BCUT2D eigenvalue weighted by Crippen LogP contribution is 2.30. The van der Waals surface area contributed by atoms with Crippen molar-refractivity contribution < 1.29 is 4.74 Å². The first-order valence-electron chi connectivity index (χ1n) is 7.56. The molecule has 1 N–H and O–H groups in total. The van der Waals surface area contributed by atoms with Crippen molar-refractivity contribution in [2.24, 2.45) is 11.8 Å². The zero-order valence-corrected chi connectivity index (χ0v) is 12.7. The summed E-state index contributed by atoms with van der Waals surface area (Å²) in [5, 5.41) is 3.72. The largest absolute Gasteiger partial charge is 0.372 e. The molecule has 0 saturated carbocycles. The van der Waals surface area contributed by atoms with Crippen LogP contribution in [0, 0.1) is 11.8 Å². The van der Waals surface area contributed by atoms with Gasteiger partial charge in [-0.25, -0.2) is 0 Å². The molecule has 0 bridgehead atoms. The van der Waals surface area contributed by atoms with E-state index in [0.29, 0.717) is 17.9 Å². The van der Waals surface area contributed by atoms with Crippen LogP contribution in [0.4, 0.5) is 0 Å². The van der Waals surface area contributed by atoms with E-state index in [1.54, 1.807) is 0 Å². The standard InChI is InChI=1S/C17H27NO/c1-5-8-18-17(13(4)12(2)3)14-6-7-15-10-19-11-16(15)9-14/h6-7,9,12-13,17-18H,5,8,10-11H2,1-4H3. The smallest absolute Gasteiger partial charge is 0.0725 e. The molecule has 106 valence electrons. The van der Waals surface area contributed by atoms with Gasteiger partial charge in [-0.15, -0.1) is 0 Å². The number of hydrogen-bond donors (Lipinski definition) is 1. The zero-order chi connectivity index (χ0) is 13.8. The Morgan fingerprint density at radius 3 is 2.58 bits per heavy atom. The SMILES string of the molecule is CCCNC(c1ccc2c(c1)COC2)C(C)C(C)C. The van der Waals surface area contributed by atoms with Gasteiger partial charge in [0.15, 0.2) is 0 Å². The van der Waals surface area contributed by atoms with Crippen LogP contribution in [-0.4, -0.2) is 6.54 Å². The lowest BCUT2D eigenvalue weighted by molar-refractivity contribution is 0.134. The predicted molar refractivity (Wildman–Crippen MR) is 80.0 cm³/mol. The van der Waals surface area contributed by atoms with Crippen molar-refractivity contribution in [1.29, 1.82) is 0 Å². The van der Waals surface area contributed by atoms with Crippen LogP contribution in [0.1, 0.15) is 56.8 Å². The highest BCUT2D eigenvalue weighted by molar-refractivity contribution is 5.35. The van der Waals surface area contributed by atoms with Crippen molar-refractivity contribution in [3.8, 4) is 0 Å². The molecule has 1 aromatic rings. The topological polar surface area (TPSA) is 21.3 Å². The summed E-state index contributed by atoms with van der Waals surface area (Å²) in [5.41, 5.74) is 4.14. The Hall–Kier alpha value is -0.860. The summed E-state index contributed by atoms with van der Waals surface area (Å²) in [6.07, 6.45) is 1.18. The summed E-state index contributed by atoms with van der Waals surface area (Å²) in [6.45, 7) is 11.8. The van der Waals surface area contributed by atoms with Crippen LogP contribution in [0.15, 0.2) is 18.2 Å². The van der Waals surface area contributed by atoms with Crippen LogP contribution >= 0.6 is 0 Å². The summed E-state index contributed by atoms with van der Waals surface area (Å²) in [7, 11) is 0. The molecule has 19 heavy (non-hydrogen) atoms. The maximum absolute atomic E-state index is 5.52. The Morgan fingerprint density at radius 2 is 1.89 bits per heavy atom. The maximum atomic E-state index is 5.52. The minimum Gasteiger partial charge on any atom is -0.372 e. The minimum atomic E-state index is 0.450. The first-order chi connectivity index (χ1) is 9.13. The molecule has 1 aliphatic rings. The van der Waals surface area contributed by atoms with Crippen molar-refractivity contribution >= 4 is 0 Å². The second-order valence-electron chi connectivity index (χ2n) is 6.06. The average molecular weight is 261 g/mol. The van der Waals surface area contributed by atoms with Crippen LogP contribution in [-0.2, 0) is 18.0 Å². The van der Waals surface area contributed by atoms with E-state index in [2.05, 4.69) is 51.2 Å². The van der Waals surface area contributed by atoms with E-state index in [-0.39, 0.29) is 0 Å². The minimum absolute atomic E-state index is 0.450. The quantitative estimate of drug-likeness (QED) is 0.834. The second-order valence-corrected chi connectivity index (χ2v) is 6.06. The number of nitrogens with one attached hydrogen (secondary N) is 1. The molecule has 0 radical (unpaired) electrons. The first-order valence-corrected chi connectivity index (χ1v) is 7.56. The molecule has 2 unspecified atom stereocenters. The third-order valence-corrected chi connectivity index (χ3v) is 4.30. The Kier molecular flexibility index (Phi) is 5.00. The highest BCUT2D eigenvalue weighted by atomic mass is 16.5. The molecule has 0 aliphatic carbocycles. The second kappa shape index (κ2) is 6.53. The molecule has 1 heterocycles. The highest BCUT2D eigenvalue weighted by Gasteiger charge is 2.23. The lowest BCUT2D eigenvalue weighted by atomic mass is 9.85. The van der Waals surface area contributed by atoms with Gasteiger partial charge in [-0.3, -0.25) is 0 Å². The molecule has 0 amide bonds. The maximum Gasteiger partial charge on any atom is 0.0725 e. The third kappa shape index (κ3) is 3.37.